The van der Waals surface area contributed by atoms with Crippen LogP contribution in [0.5, 0.6) is 0 Å². The number of carboxylic acid groups (broad SMARTS) is 1. The van der Waals surface area contributed by atoms with Crippen LogP contribution in [-0.2, 0) is 9.59 Å². The molecule has 0 aromatic carbocycles. The van der Waals surface area contributed by atoms with E-state index in [0.717, 1.165) is 25.7 Å². The molecular formula is C15H19NO4. The molecule has 2 unspecified atom stereocenters. The first kappa shape index (κ1) is 13.2. The normalized spacial score (nSPS) is 28.0. The Hall–Kier alpha value is -1.78. The van der Waals surface area contributed by atoms with Crippen LogP contribution in [0, 0.1) is 5.92 Å². The number of carbonyl (C=O) groups is 2. The standard InChI is InChI=1S/C15H19NO4/c17-13-8-7-11(15(18)19)14(12-6-3-9-20-12)16(13)10-4-1-2-5-10/h3,6,9-11,14H,1-2,4-5,7-8H2,(H,18,19). The molecule has 1 aliphatic carbocycles. The summed E-state index contributed by atoms with van der Waals surface area (Å²) in [6, 6.07) is 3.24. The van der Waals surface area contributed by atoms with Crippen molar-refractivity contribution in [3.8, 4) is 0 Å². The van der Waals surface area contributed by atoms with Gasteiger partial charge in [-0.2, -0.15) is 0 Å². The van der Waals surface area contributed by atoms with E-state index in [4.69, 9.17) is 4.42 Å². The largest absolute Gasteiger partial charge is 0.481 e. The molecule has 2 fully saturated rings. The Morgan fingerprint density at radius 1 is 1.30 bits per heavy atom. The molecule has 108 valence electrons. The van der Waals surface area contributed by atoms with Gasteiger partial charge in [-0.25, -0.2) is 0 Å². The van der Waals surface area contributed by atoms with Gasteiger partial charge in [0.1, 0.15) is 11.8 Å². The lowest BCUT2D eigenvalue weighted by atomic mass is 9.85. The molecule has 0 bridgehead atoms. The highest BCUT2D eigenvalue weighted by atomic mass is 16.4. The SMILES string of the molecule is O=C(O)C1CCC(=O)N(C2CCCC2)C1c1ccco1. The number of amides is 1. The monoisotopic (exact) mass is 277 g/mol. The molecule has 1 saturated carbocycles. The van der Waals surface area contributed by atoms with E-state index >= 15 is 0 Å². The zero-order valence-electron chi connectivity index (χ0n) is 11.3. The molecule has 1 saturated heterocycles. The van der Waals surface area contributed by atoms with Crippen molar-refractivity contribution in [2.24, 2.45) is 5.92 Å². The van der Waals surface area contributed by atoms with Crippen LogP contribution in [0.3, 0.4) is 0 Å². The average Bonchev–Trinajstić information content (AvgIpc) is 3.11. The maximum Gasteiger partial charge on any atom is 0.309 e. The van der Waals surface area contributed by atoms with Crippen LogP contribution < -0.4 is 0 Å². The van der Waals surface area contributed by atoms with Crippen LogP contribution in [0.4, 0.5) is 0 Å². The number of carbonyl (C=O) groups excluding carboxylic acids is 1. The number of furan rings is 1. The Labute approximate surface area is 117 Å². The first-order valence-electron chi connectivity index (χ1n) is 7.26. The first-order chi connectivity index (χ1) is 9.68. The Morgan fingerprint density at radius 2 is 2.05 bits per heavy atom. The Kier molecular flexibility index (Phi) is 3.51. The molecule has 1 aliphatic heterocycles. The number of aliphatic carboxylic acids is 1. The Bertz CT molecular complexity index is 490. The van der Waals surface area contributed by atoms with Crippen molar-refractivity contribution in [1.82, 2.24) is 4.90 Å². The van der Waals surface area contributed by atoms with Crippen molar-refractivity contribution < 1.29 is 19.1 Å². The van der Waals surface area contributed by atoms with Gasteiger partial charge < -0.3 is 14.4 Å². The fourth-order valence-electron chi connectivity index (χ4n) is 3.58. The summed E-state index contributed by atoms with van der Waals surface area (Å²) in [7, 11) is 0. The van der Waals surface area contributed by atoms with Crippen LogP contribution >= 0.6 is 0 Å². The number of hydrogen-bond acceptors (Lipinski definition) is 3. The third-order valence-corrected chi connectivity index (χ3v) is 4.51. The summed E-state index contributed by atoms with van der Waals surface area (Å²) < 4.78 is 5.43. The molecule has 1 N–H and O–H groups in total. The summed E-state index contributed by atoms with van der Waals surface area (Å²) in [5.74, 6) is -0.755. The molecule has 5 heteroatoms. The first-order valence-corrected chi connectivity index (χ1v) is 7.26. The van der Waals surface area contributed by atoms with Gasteiger partial charge in [0.05, 0.1) is 12.2 Å². The molecule has 0 spiro atoms. The van der Waals surface area contributed by atoms with E-state index < -0.39 is 17.9 Å². The number of carboxylic acids is 1. The fourth-order valence-corrected chi connectivity index (χ4v) is 3.58. The number of piperidine rings is 1. The second-order valence-corrected chi connectivity index (χ2v) is 5.68. The van der Waals surface area contributed by atoms with Gasteiger partial charge in [0.25, 0.3) is 0 Å². The summed E-state index contributed by atoms with van der Waals surface area (Å²) in [6.07, 6.45) is 6.41. The smallest absolute Gasteiger partial charge is 0.309 e. The third-order valence-electron chi connectivity index (χ3n) is 4.51. The predicted octanol–water partition coefficient (Wildman–Crippen LogP) is 2.59. The minimum absolute atomic E-state index is 0.0656. The van der Waals surface area contributed by atoms with Crippen molar-refractivity contribution in [3.05, 3.63) is 24.2 Å². The highest BCUT2D eigenvalue weighted by molar-refractivity contribution is 5.82. The van der Waals surface area contributed by atoms with E-state index in [1.807, 2.05) is 0 Å². The van der Waals surface area contributed by atoms with Gasteiger partial charge in [-0.05, 0) is 31.4 Å². The van der Waals surface area contributed by atoms with Crippen LogP contribution in [-0.4, -0.2) is 27.9 Å². The highest BCUT2D eigenvalue weighted by Gasteiger charge is 2.45. The summed E-state index contributed by atoms with van der Waals surface area (Å²) >= 11 is 0. The van der Waals surface area contributed by atoms with Gasteiger partial charge in [0, 0.05) is 12.5 Å². The second kappa shape index (κ2) is 5.31. The van der Waals surface area contributed by atoms with Crippen LogP contribution in [0.2, 0.25) is 0 Å². The van der Waals surface area contributed by atoms with Crippen LogP contribution in [0.1, 0.15) is 50.3 Å². The van der Waals surface area contributed by atoms with Gasteiger partial charge in [0.2, 0.25) is 5.91 Å². The minimum Gasteiger partial charge on any atom is -0.481 e. The van der Waals surface area contributed by atoms with Gasteiger partial charge in [-0.15, -0.1) is 0 Å². The summed E-state index contributed by atoms with van der Waals surface area (Å²) in [6.45, 7) is 0. The van der Waals surface area contributed by atoms with E-state index in [1.165, 1.54) is 0 Å². The highest BCUT2D eigenvalue weighted by Crippen LogP contribution is 2.41. The zero-order chi connectivity index (χ0) is 14.1. The summed E-state index contributed by atoms with van der Waals surface area (Å²) in [4.78, 5) is 25.7. The second-order valence-electron chi connectivity index (χ2n) is 5.68. The van der Waals surface area contributed by atoms with Crippen molar-refractivity contribution in [2.75, 3.05) is 0 Å². The molecule has 20 heavy (non-hydrogen) atoms. The number of hydrogen-bond donors (Lipinski definition) is 1. The topological polar surface area (TPSA) is 70.8 Å². The predicted molar refractivity (Wildman–Crippen MR) is 70.9 cm³/mol. The molecule has 0 radical (unpaired) electrons. The van der Waals surface area contributed by atoms with Crippen molar-refractivity contribution in [3.63, 3.8) is 0 Å². The zero-order valence-corrected chi connectivity index (χ0v) is 11.3. The maximum absolute atomic E-state index is 12.3. The van der Waals surface area contributed by atoms with Crippen LogP contribution in [0.15, 0.2) is 22.8 Å². The van der Waals surface area contributed by atoms with Gasteiger partial charge >= 0.3 is 5.97 Å². The molecule has 3 rings (SSSR count). The lowest BCUT2D eigenvalue weighted by Gasteiger charge is -2.42. The van der Waals surface area contributed by atoms with E-state index in [0.29, 0.717) is 18.6 Å². The molecule has 5 nitrogen and oxygen atoms in total. The number of likely N-dealkylation sites (tertiary alicyclic amines) is 1. The fraction of sp³-hybridized carbons (Fsp3) is 0.600. The lowest BCUT2D eigenvalue weighted by molar-refractivity contribution is -0.155. The number of rotatable bonds is 3. The third kappa shape index (κ3) is 2.21. The van der Waals surface area contributed by atoms with Crippen molar-refractivity contribution in [1.29, 1.82) is 0 Å². The summed E-state index contributed by atoms with van der Waals surface area (Å²) in [5.41, 5.74) is 0. The molecule has 2 heterocycles. The maximum atomic E-state index is 12.3. The molecule has 2 aliphatic rings. The molecule has 1 amide bonds. The molecule has 1 aromatic heterocycles. The summed E-state index contributed by atoms with van der Waals surface area (Å²) in [5, 5.41) is 9.47. The van der Waals surface area contributed by atoms with Gasteiger partial charge in [-0.1, -0.05) is 12.8 Å². The van der Waals surface area contributed by atoms with Gasteiger partial charge in [0.15, 0.2) is 0 Å². The van der Waals surface area contributed by atoms with E-state index in [-0.39, 0.29) is 11.9 Å². The number of nitrogens with zero attached hydrogens (tertiary/aromatic N) is 1. The quantitative estimate of drug-likeness (QED) is 0.921. The molecular weight excluding hydrogens is 258 g/mol. The molecule has 1 aromatic rings. The minimum atomic E-state index is -0.845. The lowest BCUT2D eigenvalue weighted by Crippen LogP contribution is -2.49. The van der Waals surface area contributed by atoms with Crippen molar-refractivity contribution >= 4 is 11.9 Å². The average molecular weight is 277 g/mol. The Balaban J connectivity index is 1.97. The van der Waals surface area contributed by atoms with E-state index in [1.54, 1.807) is 23.3 Å². The van der Waals surface area contributed by atoms with E-state index in [2.05, 4.69) is 0 Å². The van der Waals surface area contributed by atoms with Gasteiger partial charge in [-0.3, -0.25) is 9.59 Å². The Morgan fingerprint density at radius 3 is 2.65 bits per heavy atom. The van der Waals surface area contributed by atoms with Crippen LogP contribution in [0.25, 0.3) is 0 Å². The van der Waals surface area contributed by atoms with Crippen molar-refractivity contribution in [2.45, 2.75) is 50.6 Å². The molecule has 2 atom stereocenters. The van der Waals surface area contributed by atoms with E-state index in [9.17, 15) is 14.7 Å².